The Bertz CT molecular complexity index is 1500. The van der Waals surface area contributed by atoms with E-state index in [1.807, 2.05) is 18.4 Å². The number of amides is 2. The summed E-state index contributed by atoms with van der Waals surface area (Å²) in [6.45, 7) is 1.83. The van der Waals surface area contributed by atoms with Gasteiger partial charge < -0.3 is 5.32 Å². The maximum atomic E-state index is 12.4. The number of hydrogen-bond donors (Lipinski definition) is 2. The Kier molecular flexibility index (Phi) is 8.71. The average Bonchev–Trinajstić information content (AvgIpc) is 3.57. The maximum absolute atomic E-state index is 12.4. The Morgan fingerprint density at radius 2 is 1.40 bits per heavy atom. The van der Waals surface area contributed by atoms with Gasteiger partial charge in [-0.15, -0.1) is 11.3 Å². The fourth-order valence-electron chi connectivity index (χ4n) is 4.01. The fourth-order valence-corrected chi connectivity index (χ4v) is 6.20. The lowest BCUT2D eigenvalue weighted by molar-refractivity contribution is 0.256. The molecule has 0 radical (unpaired) electrons. The predicted octanol–water partition coefficient (Wildman–Crippen LogP) is 3.68. The summed E-state index contributed by atoms with van der Waals surface area (Å²) in [5, 5.41) is 2.85. The van der Waals surface area contributed by atoms with Gasteiger partial charge in [-0.25, -0.2) is 27.5 Å². The number of anilines is 1. The molecule has 2 amide bonds. The quantitative estimate of drug-likeness (QED) is 0.490. The molecule has 2 aromatic rings. The molecule has 0 spiro atoms. The second-order valence-corrected chi connectivity index (χ2v) is 10.8. The molecule has 0 fully saturated rings. The summed E-state index contributed by atoms with van der Waals surface area (Å²) in [4.78, 5) is 32.2. The Balaban J connectivity index is 0.000000292. The Labute approximate surface area is 206 Å². The molecule has 9 heteroatoms. The van der Waals surface area contributed by atoms with Gasteiger partial charge in [0.2, 0.25) is 0 Å². The van der Waals surface area contributed by atoms with E-state index in [0.29, 0.717) is 0 Å². The molecule has 0 unspecified atom stereocenters. The molecule has 0 aliphatic heterocycles. The van der Waals surface area contributed by atoms with Gasteiger partial charge in [0.15, 0.2) is 11.9 Å². The highest BCUT2D eigenvalue weighted by molar-refractivity contribution is 7.92. The van der Waals surface area contributed by atoms with Crippen LogP contribution < -0.4 is 10.0 Å². The summed E-state index contributed by atoms with van der Waals surface area (Å²) in [5.41, 5.74) is 18.3. The van der Waals surface area contributed by atoms with E-state index >= 15 is 0 Å². The van der Waals surface area contributed by atoms with Crippen molar-refractivity contribution in [2.24, 2.45) is 0 Å². The van der Waals surface area contributed by atoms with E-state index in [0.717, 1.165) is 60.4 Å². The topological polar surface area (TPSA) is 109 Å². The number of aryl methyl sites for hydroxylation is 3. The molecule has 0 saturated heterocycles. The molecule has 0 atom stereocenters. The van der Waals surface area contributed by atoms with E-state index in [1.54, 1.807) is 6.07 Å². The highest BCUT2D eigenvalue weighted by Crippen LogP contribution is 2.38. The number of rotatable bonds is 3. The van der Waals surface area contributed by atoms with E-state index in [9.17, 15) is 22.8 Å². The Morgan fingerprint density at radius 3 is 1.89 bits per heavy atom. The Hall–Kier alpha value is -4.02. The summed E-state index contributed by atoms with van der Waals surface area (Å²) in [7, 11) is -3.83. The van der Waals surface area contributed by atoms with E-state index in [-0.39, 0.29) is 4.21 Å². The van der Waals surface area contributed by atoms with Gasteiger partial charge in [-0.2, -0.15) is 0 Å². The van der Waals surface area contributed by atoms with E-state index in [1.165, 1.54) is 40.2 Å². The Morgan fingerprint density at radius 1 is 0.857 bits per heavy atom. The molecule has 176 valence electrons. The third-order valence-electron chi connectivity index (χ3n) is 5.33. The smallest absolute Gasteiger partial charge is 0.307 e. The number of urea groups is 1. The van der Waals surface area contributed by atoms with Crippen LogP contribution >= 0.6 is 11.3 Å². The summed E-state index contributed by atoms with van der Waals surface area (Å²) >= 11 is 1.15. The molecule has 2 N–H and O–H groups in total. The van der Waals surface area contributed by atoms with Crippen molar-refractivity contribution in [2.75, 3.05) is 5.32 Å². The van der Waals surface area contributed by atoms with Crippen molar-refractivity contribution >= 4 is 45.0 Å². The number of nitrogens with one attached hydrogen (secondary N) is 2. The minimum absolute atomic E-state index is 0.156. The number of sulfonamides is 1. The standard InChI is InChI=1S/C18H20N2O3S2.C8O2/c1-11-8-9-16(24-11)25(22,23)20-18(21)19-17-14-6-2-4-12(14)10-13-5-3-7-15(13)17;9-7-5-3-1-2-4-6-8-10/h8-10H,2-7H2,1H3,(H2,19,20,21);. The van der Waals surface area contributed by atoms with E-state index in [4.69, 9.17) is 0 Å². The number of hydrogen-bond acceptors (Lipinski definition) is 6. The molecule has 0 saturated carbocycles. The molecule has 1 heterocycles. The maximum Gasteiger partial charge on any atom is 0.333 e. The molecule has 2 aliphatic carbocycles. The van der Waals surface area contributed by atoms with Crippen molar-refractivity contribution in [1.29, 1.82) is 0 Å². The van der Waals surface area contributed by atoms with Crippen molar-refractivity contribution in [3.63, 3.8) is 0 Å². The van der Waals surface area contributed by atoms with Crippen LogP contribution in [0.25, 0.3) is 0 Å². The summed E-state index contributed by atoms with van der Waals surface area (Å²) in [6, 6.07) is 4.85. The molecular weight excluding hydrogens is 484 g/mol. The van der Waals surface area contributed by atoms with Crippen molar-refractivity contribution in [3.05, 3.63) is 79.7 Å². The highest BCUT2D eigenvalue weighted by atomic mass is 32.2. The number of carbonyl (C=O) groups is 1. The first kappa shape index (κ1) is 25.6. The van der Waals surface area contributed by atoms with Crippen LogP contribution in [-0.4, -0.2) is 26.3 Å². The lowest BCUT2D eigenvalue weighted by Gasteiger charge is -2.16. The zero-order chi connectivity index (χ0) is 25.3. The highest BCUT2D eigenvalue weighted by Gasteiger charge is 2.26. The van der Waals surface area contributed by atoms with Gasteiger partial charge in [-0.05, 0) is 79.8 Å². The first-order chi connectivity index (χ1) is 16.9. The van der Waals surface area contributed by atoms with Crippen molar-refractivity contribution in [3.8, 4) is 0 Å². The normalized spacial score (nSPS) is 12.3. The van der Waals surface area contributed by atoms with Gasteiger partial charge >= 0.3 is 6.03 Å². The fraction of sp³-hybridized carbons (Fsp3) is 0.269. The van der Waals surface area contributed by atoms with Crippen molar-refractivity contribution in [1.82, 2.24) is 4.72 Å². The molecule has 1 aromatic heterocycles. The predicted molar refractivity (Wildman–Crippen MR) is 131 cm³/mol. The van der Waals surface area contributed by atoms with Crippen molar-refractivity contribution < 1.29 is 22.8 Å². The van der Waals surface area contributed by atoms with Crippen molar-refractivity contribution in [2.45, 2.75) is 49.7 Å². The summed E-state index contributed by atoms with van der Waals surface area (Å²) in [5.74, 6) is 2.64. The zero-order valence-corrected chi connectivity index (χ0v) is 20.5. The van der Waals surface area contributed by atoms with Gasteiger partial charge in [-0.1, -0.05) is 6.07 Å². The lowest BCUT2D eigenvalue weighted by Crippen LogP contribution is -2.34. The third kappa shape index (κ3) is 6.75. The second-order valence-electron chi connectivity index (χ2n) is 7.61. The van der Waals surface area contributed by atoms with Crippen LogP contribution in [0.15, 0.2) is 56.8 Å². The van der Waals surface area contributed by atoms with E-state index < -0.39 is 16.1 Å². The van der Waals surface area contributed by atoms with Gasteiger partial charge in [0, 0.05) is 45.0 Å². The van der Waals surface area contributed by atoms with Gasteiger partial charge in [-0.3, -0.25) is 0 Å². The summed E-state index contributed by atoms with van der Waals surface area (Å²) in [6.07, 6.45) is 6.12. The zero-order valence-electron chi connectivity index (χ0n) is 18.8. The largest absolute Gasteiger partial charge is 0.333 e. The van der Waals surface area contributed by atoms with Crippen LogP contribution in [0, 0.1) is 6.92 Å². The van der Waals surface area contributed by atoms with E-state index in [2.05, 4.69) is 39.0 Å². The number of carbonyl (C=O) groups excluding carboxylic acids is 3. The molecule has 7 nitrogen and oxygen atoms in total. The minimum atomic E-state index is -3.83. The van der Waals surface area contributed by atoms with Crippen LogP contribution in [-0.2, 0) is 45.3 Å². The number of benzene rings is 1. The third-order valence-corrected chi connectivity index (χ3v) is 8.16. The SMILES string of the molecule is Cc1ccc(S(=O)(=O)NC(=O)Nc2c3c(cc4c2CCC4)CCC3)s1.O=C=C=C=C=C=C=C=C=O. The van der Waals surface area contributed by atoms with Gasteiger partial charge in [0.05, 0.1) is 0 Å². The monoisotopic (exact) mass is 504 g/mol. The van der Waals surface area contributed by atoms with Crippen LogP contribution in [0.2, 0.25) is 0 Å². The number of fused-ring (bicyclic) bond motifs is 2. The molecular formula is C26H20N2O5S2. The molecule has 0 bridgehead atoms. The molecule has 1 aromatic carbocycles. The first-order valence-electron chi connectivity index (χ1n) is 10.7. The molecule has 35 heavy (non-hydrogen) atoms. The van der Waals surface area contributed by atoms with Crippen LogP contribution in [0.5, 0.6) is 0 Å². The van der Waals surface area contributed by atoms with Gasteiger partial charge in [0.25, 0.3) is 10.0 Å². The first-order valence-corrected chi connectivity index (χ1v) is 13.0. The van der Waals surface area contributed by atoms with Crippen LogP contribution in [0.4, 0.5) is 10.5 Å². The molecule has 2 aliphatic rings. The molecule has 4 rings (SSSR count). The van der Waals surface area contributed by atoms with Crippen LogP contribution in [0.1, 0.15) is 40.0 Å². The lowest BCUT2D eigenvalue weighted by atomic mass is 9.99. The van der Waals surface area contributed by atoms with Gasteiger partial charge in [0.1, 0.15) is 4.21 Å². The number of thiophene rings is 1. The van der Waals surface area contributed by atoms with Crippen LogP contribution in [0.3, 0.4) is 0 Å². The average molecular weight is 505 g/mol. The minimum Gasteiger partial charge on any atom is -0.307 e. The summed E-state index contributed by atoms with van der Waals surface area (Å²) < 4.78 is 27.0. The second kappa shape index (κ2) is 11.9.